The maximum Gasteiger partial charge on any atom is 0.248 e. The Morgan fingerprint density at radius 2 is 1.83 bits per heavy atom. The SMILES string of the molecule is O=c1cc(C2CCN(CCCCc3ccccc3)CC2)cc[nH]1. The second kappa shape index (κ2) is 8.11. The first-order chi connectivity index (χ1) is 11.3. The van der Waals surface area contributed by atoms with E-state index in [4.69, 9.17) is 0 Å². The fourth-order valence-corrected chi connectivity index (χ4v) is 3.51. The molecule has 1 saturated heterocycles. The van der Waals surface area contributed by atoms with Gasteiger partial charge in [-0.3, -0.25) is 4.79 Å². The van der Waals surface area contributed by atoms with Gasteiger partial charge < -0.3 is 9.88 Å². The summed E-state index contributed by atoms with van der Waals surface area (Å²) in [6, 6.07) is 14.6. The van der Waals surface area contributed by atoms with Crippen molar-refractivity contribution in [3.8, 4) is 0 Å². The van der Waals surface area contributed by atoms with E-state index in [9.17, 15) is 4.79 Å². The minimum atomic E-state index is 0.0193. The first-order valence-electron chi connectivity index (χ1n) is 8.76. The molecule has 3 nitrogen and oxygen atoms in total. The first-order valence-corrected chi connectivity index (χ1v) is 8.76. The van der Waals surface area contributed by atoms with Gasteiger partial charge in [0.1, 0.15) is 0 Å². The van der Waals surface area contributed by atoms with Gasteiger partial charge in [-0.2, -0.15) is 0 Å². The lowest BCUT2D eigenvalue weighted by molar-refractivity contribution is 0.209. The second-order valence-corrected chi connectivity index (χ2v) is 6.54. The third-order valence-electron chi connectivity index (χ3n) is 4.89. The summed E-state index contributed by atoms with van der Waals surface area (Å²) >= 11 is 0. The lowest BCUT2D eigenvalue weighted by Gasteiger charge is -2.32. The van der Waals surface area contributed by atoms with Crippen molar-refractivity contribution in [2.75, 3.05) is 19.6 Å². The predicted octanol–water partition coefficient (Wildman–Crippen LogP) is 3.58. The average molecular weight is 310 g/mol. The van der Waals surface area contributed by atoms with Crippen LogP contribution >= 0.6 is 0 Å². The Morgan fingerprint density at radius 1 is 1.04 bits per heavy atom. The zero-order valence-corrected chi connectivity index (χ0v) is 13.7. The summed E-state index contributed by atoms with van der Waals surface area (Å²) in [6.45, 7) is 3.51. The third kappa shape index (κ3) is 4.80. The van der Waals surface area contributed by atoms with Crippen LogP contribution in [0.5, 0.6) is 0 Å². The van der Waals surface area contributed by atoms with Crippen LogP contribution in [0.4, 0.5) is 0 Å². The monoisotopic (exact) mass is 310 g/mol. The van der Waals surface area contributed by atoms with Gasteiger partial charge in [0, 0.05) is 12.3 Å². The van der Waals surface area contributed by atoms with E-state index in [1.165, 1.54) is 49.8 Å². The topological polar surface area (TPSA) is 36.1 Å². The molecular formula is C20H26N2O. The number of unbranched alkanes of at least 4 members (excludes halogenated alkanes) is 1. The van der Waals surface area contributed by atoms with Gasteiger partial charge in [-0.25, -0.2) is 0 Å². The van der Waals surface area contributed by atoms with Gasteiger partial charge >= 0.3 is 0 Å². The van der Waals surface area contributed by atoms with Gasteiger partial charge in [-0.1, -0.05) is 30.3 Å². The summed E-state index contributed by atoms with van der Waals surface area (Å²) < 4.78 is 0. The minimum absolute atomic E-state index is 0.0193. The number of piperidine rings is 1. The van der Waals surface area contributed by atoms with Crippen molar-refractivity contribution >= 4 is 0 Å². The van der Waals surface area contributed by atoms with Crippen LogP contribution in [-0.2, 0) is 6.42 Å². The Hall–Kier alpha value is -1.87. The number of rotatable bonds is 6. The fourth-order valence-electron chi connectivity index (χ4n) is 3.51. The van der Waals surface area contributed by atoms with Gasteiger partial charge in [-0.05, 0) is 74.8 Å². The van der Waals surface area contributed by atoms with Crippen LogP contribution in [0.3, 0.4) is 0 Å². The molecular weight excluding hydrogens is 284 g/mol. The number of hydrogen-bond donors (Lipinski definition) is 1. The highest BCUT2D eigenvalue weighted by atomic mass is 16.1. The maximum absolute atomic E-state index is 11.4. The van der Waals surface area contributed by atoms with Crippen molar-refractivity contribution in [2.45, 2.75) is 38.0 Å². The molecule has 0 radical (unpaired) electrons. The Morgan fingerprint density at radius 3 is 2.57 bits per heavy atom. The van der Waals surface area contributed by atoms with Gasteiger partial charge in [0.15, 0.2) is 0 Å². The van der Waals surface area contributed by atoms with Crippen LogP contribution in [-0.4, -0.2) is 29.5 Å². The van der Waals surface area contributed by atoms with Crippen molar-refractivity contribution < 1.29 is 0 Å². The molecule has 23 heavy (non-hydrogen) atoms. The van der Waals surface area contributed by atoms with Crippen molar-refractivity contribution in [3.63, 3.8) is 0 Å². The van der Waals surface area contributed by atoms with E-state index >= 15 is 0 Å². The number of likely N-dealkylation sites (tertiary alicyclic amines) is 1. The summed E-state index contributed by atoms with van der Waals surface area (Å²) in [4.78, 5) is 16.7. The molecule has 3 heteroatoms. The number of aryl methyl sites for hydroxylation is 1. The molecule has 1 aliphatic heterocycles. The lowest BCUT2D eigenvalue weighted by Crippen LogP contribution is -2.33. The number of nitrogens with zero attached hydrogens (tertiary/aromatic N) is 1. The van der Waals surface area contributed by atoms with Crippen molar-refractivity contribution in [1.29, 1.82) is 0 Å². The molecule has 0 aliphatic carbocycles. The van der Waals surface area contributed by atoms with E-state index in [0.29, 0.717) is 5.92 Å². The fraction of sp³-hybridized carbons (Fsp3) is 0.450. The number of aromatic amines is 1. The lowest BCUT2D eigenvalue weighted by atomic mass is 9.90. The van der Waals surface area contributed by atoms with E-state index in [1.54, 1.807) is 12.3 Å². The molecule has 1 aromatic carbocycles. The Bertz CT molecular complexity index is 642. The average Bonchev–Trinajstić information content (AvgIpc) is 2.60. The molecule has 3 rings (SSSR count). The number of hydrogen-bond acceptors (Lipinski definition) is 2. The molecule has 0 unspecified atom stereocenters. The molecule has 2 aromatic rings. The quantitative estimate of drug-likeness (QED) is 0.828. The van der Waals surface area contributed by atoms with Crippen molar-refractivity contribution in [3.05, 3.63) is 70.1 Å². The Balaban J connectivity index is 1.37. The normalized spacial score (nSPS) is 16.5. The summed E-state index contributed by atoms with van der Waals surface area (Å²) in [6.07, 6.45) is 7.82. The molecule has 1 fully saturated rings. The Labute approximate surface area is 138 Å². The minimum Gasteiger partial charge on any atom is -0.329 e. The number of benzene rings is 1. The molecule has 0 bridgehead atoms. The highest BCUT2D eigenvalue weighted by Crippen LogP contribution is 2.27. The number of H-pyrrole nitrogens is 1. The Kier molecular flexibility index (Phi) is 5.65. The number of pyridine rings is 1. The summed E-state index contributed by atoms with van der Waals surface area (Å²) in [5.74, 6) is 0.554. The second-order valence-electron chi connectivity index (χ2n) is 6.54. The molecule has 0 spiro atoms. The van der Waals surface area contributed by atoms with Gasteiger partial charge in [0.2, 0.25) is 5.56 Å². The van der Waals surface area contributed by atoms with Gasteiger partial charge in [0.25, 0.3) is 0 Å². The van der Waals surface area contributed by atoms with Crippen LogP contribution in [0.1, 0.15) is 42.7 Å². The van der Waals surface area contributed by atoms with Gasteiger partial charge in [0.05, 0.1) is 0 Å². The summed E-state index contributed by atoms with van der Waals surface area (Å²) in [5, 5.41) is 0. The standard InChI is InChI=1S/C20H26N2O/c23-20-16-19(9-12-21-20)18-10-14-22(15-11-18)13-5-4-8-17-6-2-1-3-7-17/h1-3,6-7,9,12,16,18H,4-5,8,10-11,13-15H2,(H,21,23). The van der Waals surface area contributed by atoms with Crippen molar-refractivity contribution in [1.82, 2.24) is 9.88 Å². The van der Waals surface area contributed by atoms with E-state index in [0.717, 1.165) is 13.1 Å². The van der Waals surface area contributed by atoms with Crippen LogP contribution in [0.15, 0.2) is 53.5 Å². The van der Waals surface area contributed by atoms with E-state index < -0.39 is 0 Å². The smallest absolute Gasteiger partial charge is 0.248 e. The molecule has 2 heterocycles. The third-order valence-corrected chi connectivity index (χ3v) is 4.89. The largest absolute Gasteiger partial charge is 0.329 e. The van der Waals surface area contributed by atoms with E-state index in [1.807, 2.05) is 0 Å². The summed E-state index contributed by atoms with van der Waals surface area (Å²) in [7, 11) is 0. The molecule has 1 N–H and O–H groups in total. The zero-order chi connectivity index (χ0) is 15.9. The number of aromatic nitrogens is 1. The highest BCUT2D eigenvalue weighted by molar-refractivity contribution is 5.17. The maximum atomic E-state index is 11.4. The molecule has 1 aromatic heterocycles. The highest BCUT2D eigenvalue weighted by Gasteiger charge is 2.20. The number of nitrogens with one attached hydrogen (secondary N) is 1. The van der Waals surface area contributed by atoms with E-state index in [2.05, 4.69) is 46.3 Å². The first kappa shape index (κ1) is 16.0. The van der Waals surface area contributed by atoms with Crippen molar-refractivity contribution in [2.24, 2.45) is 0 Å². The molecule has 0 atom stereocenters. The molecule has 0 amide bonds. The van der Waals surface area contributed by atoms with Gasteiger partial charge in [-0.15, -0.1) is 0 Å². The molecule has 122 valence electrons. The van der Waals surface area contributed by atoms with Crippen LogP contribution in [0, 0.1) is 0 Å². The predicted molar refractivity (Wildman–Crippen MR) is 94.9 cm³/mol. The van der Waals surface area contributed by atoms with E-state index in [-0.39, 0.29) is 5.56 Å². The molecule has 0 saturated carbocycles. The van der Waals surface area contributed by atoms with Crippen LogP contribution in [0.25, 0.3) is 0 Å². The molecule has 1 aliphatic rings. The zero-order valence-electron chi connectivity index (χ0n) is 13.7. The van der Waals surface area contributed by atoms with Crippen LogP contribution < -0.4 is 5.56 Å². The summed E-state index contributed by atoms with van der Waals surface area (Å²) in [5.41, 5.74) is 2.67. The van der Waals surface area contributed by atoms with Crippen LogP contribution in [0.2, 0.25) is 0 Å².